The lowest BCUT2D eigenvalue weighted by Gasteiger charge is -2.00. The van der Waals surface area contributed by atoms with E-state index >= 15 is 0 Å². The Morgan fingerprint density at radius 3 is 2.55 bits per heavy atom. The lowest BCUT2D eigenvalue weighted by atomic mass is 10.1. The van der Waals surface area contributed by atoms with Gasteiger partial charge in [-0.15, -0.1) is 0 Å². The fourth-order valence-electron chi connectivity index (χ4n) is 1.10. The Balaban J connectivity index is 2.71. The fraction of sp³-hybridized carbons (Fsp3) is 0.444. The highest BCUT2D eigenvalue weighted by Crippen LogP contribution is 2.23. The molecule has 0 saturated heterocycles. The van der Waals surface area contributed by atoms with Crippen molar-refractivity contribution in [3.05, 3.63) is 23.3 Å². The van der Waals surface area contributed by atoms with Crippen LogP contribution in [0.2, 0.25) is 0 Å². The molecular weight excluding hydrogens is 140 g/mol. The van der Waals surface area contributed by atoms with E-state index in [0.29, 0.717) is 17.9 Å². The van der Waals surface area contributed by atoms with Crippen molar-refractivity contribution in [2.45, 2.75) is 20.3 Å². The maximum Gasteiger partial charge on any atom is 0.331 e. The molecule has 1 aliphatic rings. The molecule has 0 unspecified atom stereocenters. The topological polar surface area (TPSA) is 37.3 Å². The second-order valence-electron chi connectivity index (χ2n) is 3.04. The van der Waals surface area contributed by atoms with Crippen molar-refractivity contribution in [2.75, 3.05) is 0 Å². The normalized spacial score (nSPS) is 16.6. The molecule has 0 aromatic carbocycles. The number of rotatable bonds is 2. The molecule has 0 saturated carbocycles. The fourth-order valence-corrected chi connectivity index (χ4v) is 1.10. The van der Waals surface area contributed by atoms with Gasteiger partial charge in [-0.1, -0.05) is 19.9 Å². The van der Waals surface area contributed by atoms with E-state index < -0.39 is 5.97 Å². The SMILES string of the molecule is CC(C)C1=CCC(C(=O)O)=C1. The number of carbonyl (C=O) groups is 1. The lowest BCUT2D eigenvalue weighted by Crippen LogP contribution is -1.96. The highest BCUT2D eigenvalue weighted by Gasteiger charge is 2.13. The van der Waals surface area contributed by atoms with Crippen molar-refractivity contribution >= 4 is 5.97 Å². The third kappa shape index (κ3) is 1.70. The van der Waals surface area contributed by atoms with Crippen molar-refractivity contribution in [3.8, 4) is 0 Å². The van der Waals surface area contributed by atoms with Crippen LogP contribution in [0.1, 0.15) is 20.3 Å². The molecule has 0 aromatic rings. The highest BCUT2D eigenvalue weighted by atomic mass is 16.4. The van der Waals surface area contributed by atoms with E-state index in [9.17, 15) is 4.79 Å². The number of hydrogen-bond acceptors (Lipinski definition) is 1. The van der Waals surface area contributed by atoms with Gasteiger partial charge in [-0.2, -0.15) is 0 Å². The maximum atomic E-state index is 10.5. The monoisotopic (exact) mass is 152 g/mol. The molecule has 0 amide bonds. The summed E-state index contributed by atoms with van der Waals surface area (Å²) in [6.45, 7) is 4.13. The summed E-state index contributed by atoms with van der Waals surface area (Å²) in [6.07, 6.45) is 4.34. The molecule has 2 nitrogen and oxygen atoms in total. The summed E-state index contributed by atoms with van der Waals surface area (Å²) in [5.74, 6) is -0.358. The van der Waals surface area contributed by atoms with Crippen LogP contribution in [0.15, 0.2) is 23.3 Å². The summed E-state index contributed by atoms with van der Waals surface area (Å²) in [5.41, 5.74) is 1.65. The molecule has 0 aliphatic heterocycles. The van der Waals surface area contributed by atoms with E-state index in [1.165, 1.54) is 0 Å². The smallest absolute Gasteiger partial charge is 0.331 e. The minimum atomic E-state index is -0.795. The average molecular weight is 152 g/mol. The summed E-state index contributed by atoms with van der Waals surface area (Å²) in [7, 11) is 0. The van der Waals surface area contributed by atoms with Crippen molar-refractivity contribution in [1.29, 1.82) is 0 Å². The van der Waals surface area contributed by atoms with Crippen LogP contribution in [-0.4, -0.2) is 11.1 Å². The molecule has 0 fully saturated rings. The van der Waals surface area contributed by atoms with Crippen LogP contribution in [0, 0.1) is 5.92 Å². The molecule has 11 heavy (non-hydrogen) atoms. The first kappa shape index (κ1) is 8.05. The van der Waals surface area contributed by atoms with E-state index in [0.717, 1.165) is 5.57 Å². The number of carboxylic acid groups (broad SMARTS) is 1. The lowest BCUT2D eigenvalue weighted by molar-refractivity contribution is -0.132. The van der Waals surface area contributed by atoms with Crippen LogP contribution < -0.4 is 0 Å². The maximum absolute atomic E-state index is 10.5. The predicted octanol–water partition coefficient (Wildman–Crippen LogP) is 1.98. The first-order valence-electron chi connectivity index (χ1n) is 3.75. The molecule has 60 valence electrons. The van der Waals surface area contributed by atoms with Crippen molar-refractivity contribution in [2.24, 2.45) is 5.92 Å². The molecular formula is C9H12O2. The molecule has 2 heteroatoms. The molecule has 0 heterocycles. The molecule has 1 aliphatic carbocycles. The molecule has 1 N–H and O–H groups in total. The molecule has 0 aromatic heterocycles. The van der Waals surface area contributed by atoms with E-state index in [4.69, 9.17) is 5.11 Å². The Hall–Kier alpha value is -1.05. The third-order valence-corrected chi connectivity index (χ3v) is 1.84. The summed E-state index contributed by atoms with van der Waals surface area (Å²) < 4.78 is 0. The van der Waals surface area contributed by atoms with Crippen LogP contribution in [0.3, 0.4) is 0 Å². The number of hydrogen-bond donors (Lipinski definition) is 1. The van der Waals surface area contributed by atoms with Gasteiger partial charge in [0.05, 0.1) is 0 Å². The largest absolute Gasteiger partial charge is 0.478 e. The van der Waals surface area contributed by atoms with Crippen molar-refractivity contribution < 1.29 is 9.90 Å². The Morgan fingerprint density at radius 1 is 1.64 bits per heavy atom. The van der Waals surface area contributed by atoms with Gasteiger partial charge in [-0.25, -0.2) is 4.79 Å². The van der Waals surface area contributed by atoms with Gasteiger partial charge in [-0.05, 0) is 24.0 Å². The summed E-state index contributed by atoms with van der Waals surface area (Å²) in [4.78, 5) is 10.5. The minimum Gasteiger partial charge on any atom is -0.478 e. The quantitative estimate of drug-likeness (QED) is 0.657. The summed E-state index contributed by atoms with van der Waals surface area (Å²) in [5, 5.41) is 8.61. The molecule has 0 radical (unpaired) electrons. The van der Waals surface area contributed by atoms with Gasteiger partial charge in [0, 0.05) is 5.57 Å². The van der Waals surface area contributed by atoms with Crippen molar-refractivity contribution in [3.63, 3.8) is 0 Å². The second kappa shape index (κ2) is 2.91. The Labute approximate surface area is 66.2 Å². The average Bonchev–Trinajstić information content (AvgIpc) is 2.33. The van der Waals surface area contributed by atoms with Crippen LogP contribution in [0.25, 0.3) is 0 Å². The van der Waals surface area contributed by atoms with Gasteiger partial charge in [0.15, 0.2) is 0 Å². The van der Waals surface area contributed by atoms with Gasteiger partial charge in [0.25, 0.3) is 0 Å². The van der Waals surface area contributed by atoms with E-state index in [2.05, 4.69) is 13.8 Å². The summed E-state index contributed by atoms with van der Waals surface area (Å²) >= 11 is 0. The Bertz CT molecular complexity index is 234. The zero-order valence-electron chi connectivity index (χ0n) is 6.79. The van der Waals surface area contributed by atoms with Crippen LogP contribution in [0.4, 0.5) is 0 Å². The predicted molar refractivity (Wildman–Crippen MR) is 43.3 cm³/mol. The Kier molecular flexibility index (Phi) is 2.13. The minimum absolute atomic E-state index is 0.437. The first-order valence-corrected chi connectivity index (χ1v) is 3.75. The van der Waals surface area contributed by atoms with Crippen molar-refractivity contribution in [1.82, 2.24) is 0 Å². The van der Waals surface area contributed by atoms with Crippen LogP contribution in [0.5, 0.6) is 0 Å². The standard InChI is InChI=1S/C9H12O2/c1-6(2)7-3-4-8(5-7)9(10)11/h3,5-6H,4H2,1-2H3,(H,10,11). The number of allylic oxidation sites excluding steroid dienone is 3. The second-order valence-corrected chi connectivity index (χ2v) is 3.04. The number of aliphatic carboxylic acids is 1. The Morgan fingerprint density at radius 2 is 2.27 bits per heavy atom. The molecule has 1 rings (SSSR count). The van der Waals surface area contributed by atoms with E-state index in [-0.39, 0.29) is 0 Å². The zero-order valence-corrected chi connectivity index (χ0v) is 6.79. The van der Waals surface area contributed by atoms with Gasteiger partial charge in [0.1, 0.15) is 0 Å². The first-order chi connectivity index (χ1) is 5.11. The van der Waals surface area contributed by atoms with E-state index in [1.807, 2.05) is 6.08 Å². The van der Waals surface area contributed by atoms with E-state index in [1.54, 1.807) is 6.08 Å². The van der Waals surface area contributed by atoms with Gasteiger partial charge >= 0.3 is 5.97 Å². The highest BCUT2D eigenvalue weighted by molar-refractivity contribution is 5.88. The molecule has 0 bridgehead atoms. The number of carboxylic acids is 1. The van der Waals surface area contributed by atoms with Crippen LogP contribution >= 0.6 is 0 Å². The van der Waals surface area contributed by atoms with Gasteiger partial charge in [0.2, 0.25) is 0 Å². The zero-order chi connectivity index (χ0) is 8.43. The molecule has 0 spiro atoms. The van der Waals surface area contributed by atoms with Gasteiger partial charge in [-0.3, -0.25) is 0 Å². The molecule has 0 atom stereocenters. The van der Waals surface area contributed by atoms with Crippen LogP contribution in [-0.2, 0) is 4.79 Å². The summed E-state index contributed by atoms with van der Waals surface area (Å²) in [6, 6.07) is 0. The van der Waals surface area contributed by atoms with Gasteiger partial charge < -0.3 is 5.11 Å². The third-order valence-electron chi connectivity index (χ3n) is 1.84.